The van der Waals surface area contributed by atoms with Crippen LogP contribution in [0.5, 0.6) is 0 Å². The van der Waals surface area contributed by atoms with E-state index in [0.29, 0.717) is 12.8 Å². The Kier molecular flexibility index (Phi) is 47.9. The summed E-state index contributed by atoms with van der Waals surface area (Å²) in [6, 6.07) is -1.06. The van der Waals surface area contributed by atoms with Gasteiger partial charge in [0.05, 0.1) is 25.4 Å². The summed E-state index contributed by atoms with van der Waals surface area (Å²) in [6.07, 6.45) is 64.5. The molecule has 1 saturated heterocycles. The Morgan fingerprint density at radius 3 is 1.56 bits per heavy atom. The molecule has 0 aromatic rings. The van der Waals surface area contributed by atoms with Gasteiger partial charge in [-0.15, -0.1) is 0 Å². The van der Waals surface area contributed by atoms with Gasteiger partial charge in [-0.3, -0.25) is 9.59 Å². The van der Waals surface area contributed by atoms with Gasteiger partial charge in [-0.1, -0.05) is 244 Å². The molecular weight excluding hydrogens is 967 g/mol. The summed E-state index contributed by atoms with van der Waals surface area (Å²) >= 11 is 0. The number of amides is 1. The molecule has 0 saturated carbocycles. The van der Waals surface area contributed by atoms with Crippen LogP contribution in [0.15, 0.2) is 146 Å². The second-order valence-corrected chi connectivity index (χ2v) is 19.8. The lowest BCUT2D eigenvalue weighted by Gasteiger charge is -2.41. The van der Waals surface area contributed by atoms with Gasteiger partial charge in [0.25, 0.3) is 0 Å². The lowest BCUT2D eigenvalue weighted by Crippen LogP contribution is -2.61. The maximum atomic E-state index is 13.4. The molecule has 0 bridgehead atoms. The van der Waals surface area contributed by atoms with Crippen molar-refractivity contribution in [3.63, 3.8) is 0 Å². The van der Waals surface area contributed by atoms with Crippen molar-refractivity contribution >= 4 is 11.9 Å². The van der Waals surface area contributed by atoms with Crippen molar-refractivity contribution < 1.29 is 49.3 Å². The minimum atomic E-state index is -1.65. The summed E-state index contributed by atoms with van der Waals surface area (Å²) in [5.74, 6) is -1.28. The zero-order valence-electron chi connectivity index (χ0n) is 47.8. The van der Waals surface area contributed by atoms with E-state index in [2.05, 4.69) is 99.0 Å². The average Bonchev–Trinajstić information content (AvgIpc) is 3.43. The summed E-state index contributed by atoms with van der Waals surface area (Å²) in [5, 5.41) is 56.9. The summed E-state index contributed by atoms with van der Waals surface area (Å²) in [6.45, 7) is 5.45. The maximum Gasteiger partial charge on any atom is 0.306 e. The number of carbonyl (C=O) groups is 2. The number of esters is 1. The summed E-state index contributed by atoms with van der Waals surface area (Å²) in [4.78, 5) is 26.5. The van der Waals surface area contributed by atoms with Gasteiger partial charge in [0.2, 0.25) is 5.91 Å². The molecule has 0 aliphatic carbocycles. The van der Waals surface area contributed by atoms with E-state index in [1.165, 1.54) is 38.5 Å². The van der Waals surface area contributed by atoms with E-state index in [9.17, 15) is 35.1 Å². The van der Waals surface area contributed by atoms with Crippen LogP contribution in [0.4, 0.5) is 0 Å². The number of aliphatic hydroxyl groups excluding tert-OH is 5. The fourth-order valence-corrected chi connectivity index (χ4v) is 8.24. The Hall–Kier alpha value is -4.46. The summed E-state index contributed by atoms with van der Waals surface area (Å²) in [5.41, 5.74) is 0. The van der Waals surface area contributed by atoms with E-state index in [1.54, 1.807) is 6.08 Å². The molecule has 1 aliphatic heterocycles. The number of nitrogens with one attached hydrogen (secondary N) is 1. The highest BCUT2D eigenvalue weighted by atomic mass is 16.7. The predicted octanol–water partition coefficient (Wildman–Crippen LogP) is 13.8. The molecule has 0 spiro atoms. The minimum absolute atomic E-state index is 0.0603. The number of allylic oxidation sites excluding steroid dienone is 23. The van der Waals surface area contributed by atoms with Gasteiger partial charge in [0, 0.05) is 6.42 Å². The topological polar surface area (TPSA) is 175 Å². The number of unbranched alkanes of at least 4 members (excludes halogenated alkanes) is 16. The lowest BCUT2D eigenvalue weighted by molar-refractivity contribution is -0.305. The van der Waals surface area contributed by atoms with Crippen molar-refractivity contribution in [2.75, 3.05) is 13.2 Å². The van der Waals surface area contributed by atoms with Gasteiger partial charge in [-0.05, 0) is 89.9 Å². The van der Waals surface area contributed by atoms with Crippen molar-refractivity contribution in [3.8, 4) is 0 Å². The van der Waals surface area contributed by atoms with Gasteiger partial charge >= 0.3 is 5.97 Å². The molecule has 11 heteroatoms. The van der Waals surface area contributed by atoms with Crippen LogP contribution in [0.3, 0.4) is 0 Å². The highest BCUT2D eigenvalue weighted by Gasteiger charge is 2.47. The Morgan fingerprint density at radius 1 is 0.532 bits per heavy atom. The summed E-state index contributed by atoms with van der Waals surface area (Å²) in [7, 11) is 0. The minimum Gasteiger partial charge on any atom is -0.454 e. The van der Waals surface area contributed by atoms with Crippen molar-refractivity contribution in [2.24, 2.45) is 0 Å². The molecule has 6 N–H and O–H groups in total. The zero-order chi connectivity index (χ0) is 56.1. The van der Waals surface area contributed by atoms with E-state index >= 15 is 0 Å². The van der Waals surface area contributed by atoms with E-state index < -0.39 is 67.4 Å². The molecule has 1 amide bonds. The van der Waals surface area contributed by atoms with E-state index in [-0.39, 0.29) is 19.4 Å². The third-order valence-corrected chi connectivity index (χ3v) is 12.9. The first-order valence-corrected chi connectivity index (χ1v) is 29.7. The van der Waals surface area contributed by atoms with Crippen molar-refractivity contribution in [3.05, 3.63) is 146 Å². The van der Waals surface area contributed by atoms with Crippen LogP contribution in [0.2, 0.25) is 0 Å². The molecule has 1 aliphatic rings. The zero-order valence-corrected chi connectivity index (χ0v) is 47.8. The molecule has 1 rings (SSSR count). The molecule has 8 unspecified atom stereocenters. The Balaban J connectivity index is 2.75. The fourth-order valence-electron chi connectivity index (χ4n) is 8.24. The predicted molar refractivity (Wildman–Crippen MR) is 319 cm³/mol. The molecule has 11 nitrogen and oxygen atoms in total. The maximum absolute atomic E-state index is 13.4. The normalized spacial score (nSPS) is 20.1. The lowest BCUT2D eigenvalue weighted by atomic mass is 9.99. The van der Waals surface area contributed by atoms with Crippen LogP contribution >= 0.6 is 0 Å². The van der Waals surface area contributed by atoms with Gasteiger partial charge in [0.1, 0.15) is 24.4 Å². The van der Waals surface area contributed by atoms with Crippen molar-refractivity contribution in [1.82, 2.24) is 5.32 Å². The third-order valence-electron chi connectivity index (χ3n) is 12.9. The van der Waals surface area contributed by atoms with Crippen LogP contribution in [-0.4, -0.2) is 99.6 Å². The van der Waals surface area contributed by atoms with E-state index in [1.807, 2.05) is 66.8 Å². The number of aliphatic hydroxyl groups is 5. The van der Waals surface area contributed by atoms with Gasteiger partial charge < -0.3 is 45.1 Å². The monoisotopic (exact) mass is 1070 g/mol. The standard InChI is InChI=1S/C66H105NO10/c1-4-7-10-13-16-19-22-24-26-28-29-30-32-33-35-38-41-44-47-50-53-59(70)65(74)67-57(58(69)52-49-46-43-40-37-21-18-15-12-9-6-3)56-75-66-64(63(73)62(72)60(55-68)76-66)77-61(71)54-51-48-45-42-39-36-34-31-27-25-23-20-17-14-11-8-5-2/h7-8,10-11,14,16-17,19-20,23-27,29-31,33-36,39,49,52,57-60,62-64,66,68-70,72-73H,4-6,9,12-13,15,18,21-22,28,32,37-38,40-48,50-51,53-56H2,1-3H3,(H,67,74)/b10-7-,11-8-,17-14+,19-16-,23-20+,26-24-,27-25-,30-29-,34-31+,35-33-,39-36+,52-49+. The number of rotatable bonds is 47. The quantitative estimate of drug-likeness (QED) is 0.0149. The molecule has 8 atom stereocenters. The Bertz CT molecular complexity index is 1800. The number of carbonyl (C=O) groups excluding carboxylic acids is 2. The Morgan fingerprint density at radius 2 is 1.00 bits per heavy atom. The van der Waals surface area contributed by atoms with Gasteiger partial charge in [-0.25, -0.2) is 0 Å². The van der Waals surface area contributed by atoms with E-state index in [0.717, 1.165) is 109 Å². The number of hydrogen-bond donors (Lipinski definition) is 6. The van der Waals surface area contributed by atoms with E-state index in [4.69, 9.17) is 14.2 Å². The molecule has 0 aromatic heterocycles. The van der Waals surface area contributed by atoms with Crippen LogP contribution in [0, 0.1) is 0 Å². The second-order valence-electron chi connectivity index (χ2n) is 19.8. The molecule has 77 heavy (non-hydrogen) atoms. The second kappa shape index (κ2) is 52.3. The van der Waals surface area contributed by atoms with Crippen LogP contribution in [0.25, 0.3) is 0 Å². The average molecular weight is 1070 g/mol. The molecule has 434 valence electrons. The Labute approximate surface area is 466 Å². The highest BCUT2D eigenvalue weighted by Crippen LogP contribution is 2.26. The van der Waals surface area contributed by atoms with Crippen molar-refractivity contribution in [1.29, 1.82) is 0 Å². The molecular formula is C66H105NO10. The first-order chi connectivity index (χ1) is 37.7. The third kappa shape index (κ3) is 40.4. The molecule has 1 fully saturated rings. The number of ether oxygens (including phenoxy) is 3. The first-order valence-electron chi connectivity index (χ1n) is 29.7. The van der Waals surface area contributed by atoms with Gasteiger partial charge in [0.15, 0.2) is 12.4 Å². The van der Waals surface area contributed by atoms with Crippen LogP contribution in [0.1, 0.15) is 194 Å². The fraction of sp³-hybridized carbons (Fsp3) is 0.606. The van der Waals surface area contributed by atoms with Crippen molar-refractivity contribution in [2.45, 2.75) is 243 Å². The van der Waals surface area contributed by atoms with Crippen LogP contribution < -0.4 is 5.32 Å². The molecule has 0 aromatic carbocycles. The smallest absolute Gasteiger partial charge is 0.306 e. The highest BCUT2D eigenvalue weighted by molar-refractivity contribution is 5.80. The SMILES string of the molecule is CC\C=C/C=C/C=C/C=C\C=C\C=C\CCCCCC(=O)OC1C(OCC(NC(=O)C(O)CCCCCC/C=C\C/C=C\C/C=C\C/C=C\C/C=C\CC)C(O)/C=C/CCCCCCCCCCC)OC(CO)C(O)C1O. The largest absolute Gasteiger partial charge is 0.454 e. The first kappa shape index (κ1) is 70.6. The van der Waals surface area contributed by atoms with Crippen LogP contribution in [-0.2, 0) is 23.8 Å². The number of hydrogen-bond acceptors (Lipinski definition) is 10. The summed E-state index contributed by atoms with van der Waals surface area (Å²) < 4.78 is 17.5. The molecule has 1 heterocycles. The van der Waals surface area contributed by atoms with Gasteiger partial charge in [-0.2, -0.15) is 0 Å². The molecule has 0 radical (unpaired) electrons.